The second-order valence-electron chi connectivity index (χ2n) is 6.96. The molecule has 0 spiro atoms. The lowest BCUT2D eigenvalue weighted by Crippen LogP contribution is -2.43. The van der Waals surface area contributed by atoms with Gasteiger partial charge in [0.25, 0.3) is 0 Å². The van der Waals surface area contributed by atoms with Gasteiger partial charge in [0.15, 0.2) is 0 Å². The second-order valence-corrected chi connectivity index (χ2v) is 6.96. The van der Waals surface area contributed by atoms with E-state index in [0.717, 1.165) is 36.5 Å². The molecule has 3 rings (SSSR count). The van der Waals surface area contributed by atoms with Gasteiger partial charge in [0.05, 0.1) is 6.10 Å². The van der Waals surface area contributed by atoms with Gasteiger partial charge in [-0.15, -0.1) is 0 Å². The van der Waals surface area contributed by atoms with Gasteiger partial charge in [-0.3, -0.25) is 0 Å². The van der Waals surface area contributed by atoms with Crippen molar-refractivity contribution in [1.82, 2.24) is 0 Å². The van der Waals surface area contributed by atoms with Crippen molar-refractivity contribution >= 4 is 0 Å². The maximum absolute atomic E-state index is 10.3. The fraction of sp³-hybridized carbons (Fsp3) is 0.867. The lowest BCUT2D eigenvalue weighted by Gasteiger charge is -2.45. The number of rotatable bonds is 1. The van der Waals surface area contributed by atoms with Crippen LogP contribution in [0.2, 0.25) is 0 Å². The van der Waals surface area contributed by atoms with Crippen LogP contribution in [0.15, 0.2) is 12.2 Å². The summed E-state index contributed by atoms with van der Waals surface area (Å²) in [5.74, 6) is 4.09. The topological polar surface area (TPSA) is 20.2 Å². The van der Waals surface area contributed by atoms with Gasteiger partial charge in [-0.05, 0) is 48.9 Å². The lowest BCUT2D eigenvalue weighted by atomic mass is 9.62. The van der Waals surface area contributed by atoms with Crippen molar-refractivity contribution in [1.29, 1.82) is 0 Å². The Kier molecular flexibility index (Phi) is 2.12. The standard InChI is InChI=1S/C15H24O/c1-8(2)12-10-7-15(4)11(16)6-5-9(3)14(15)13(10)12/h8,10-14,16H,3,5-7H2,1-2,4H3/t10-,11+,12-,13-,14-,15-/m1/s1. The molecule has 0 unspecified atom stereocenters. The maximum Gasteiger partial charge on any atom is 0.0602 e. The summed E-state index contributed by atoms with van der Waals surface area (Å²) in [6, 6.07) is 0. The number of fused-ring (bicyclic) bond motifs is 3. The molecule has 3 saturated carbocycles. The summed E-state index contributed by atoms with van der Waals surface area (Å²) in [5, 5.41) is 10.3. The molecule has 3 aliphatic carbocycles. The zero-order chi connectivity index (χ0) is 11.7. The molecule has 90 valence electrons. The lowest BCUT2D eigenvalue weighted by molar-refractivity contribution is -0.0212. The normalized spacial score (nSPS) is 55.1. The van der Waals surface area contributed by atoms with E-state index in [1.54, 1.807) is 0 Å². The van der Waals surface area contributed by atoms with Crippen molar-refractivity contribution in [2.75, 3.05) is 0 Å². The molecule has 0 heterocycles. The summed E-state index contributed by atoms with van der Waals surface area (Å²) in [4.78, 5) is 0. The first-order valence-corrected chi connectivity index (χ1v) is 6.82. The smallest absolute Gasteiger partial charge is 0.0602 e. The highest BCUT2D eigenvalue weighted by atomic mass is 16.3. The molecular formula is C15H24O. The second kappa shape index (κ2) is 3.13. The van der Waals surface area contributed by atoms with E-state index in [-0.39, 0.29) is 11.5 Å². The minimum atomic E-state index is -0.0800. The van der Waals surface area contributed by atoms with Crippen LogP contribution in [0.5, 0.6) is 0 Å². The molecule has 1 N–H and O–H groups in total. The van der Waals surface area contributed by atoms with E-state index >= 15 is 0 Å². The Morgan fingerprint density at radius 2 is 2.12 bits per heavy atom. The fourth-order valence-electron chi connectivity index (χ4n) is 5.07. The van der Waals surface area contributed by atoms with Crippen LogP contribution in [-0.2, 0) is 0 Å². The average molecular weight is 220 g/mol. The average Bonchev–Trinajstić information content (AvgIpc) is 2.78. The molecule has 1 heteroatoms. The summed E-state index contributed by atoms with van der Waals surface area (Å²) in [5.41, 5.74) is 1.60. The van der Waals surface area contributed by atoms with Crippen LogP contribution in [0.4, 0.5) is 0 Å². The molecule has 0 aromatic carbocycles. The zero-order valence-electron chi connectivity index (χ0n) is 10.7. The SMILES string of the molecule is C=C1CC[C@H](O)[C@@]2(C)C[C@@H]3[C@@H](C(C)C)[C@@H]3[C@@H]12. The van der Waals surface area contributed by atoms with Crippen molar-refractivity contribution in [3.8, 4) is 0 Å². The summed E-state index contributed by atoms with van der Waals surface area (Å²) in [7, 11) is 0. The molecule has 0 bridgehead atoms. The number of aliphatic hydroxyl groups is 1. The molecule has 16 heavy (non-hydrogen) atoms. The first-order chi connectivity index (χ1) is 7.47. The third-order valence-corrected chi connectivity index (χ3v) is 5.77. The van der Waals surface area contributed by atoms with Crippen molar-refractivity contribution in [2.24, 2.45) is 35.0 Å². The van der Waals surface area contributed by atoms with Gasteiger partial charge < -0.3 is 5.11 Å². The molecule has 0 aromatic rings. The van der Waals surface area contributed by atoms with Crippen LogP contribution in [0.25, 0.3) is 0 Å². The molecule has 0 amide bonds. The molecule has 3 fully saturated rings. The summed E-state index contributed by atoms with van der Waals surface area (Å²) in [6.45, 7) is 11.3. The molecule has 0 saturated heterocycles. The van der Waals surface area contributed by atoms with Crippen LogP contribution < -0.4 is 0 Å². The van der Waals surface area contributed by atoms with Gasteiger partial charge in [0, 0.05) is 5.41 Å². The van der Waals surface area contributed by atoms with Crippen molar-refractivity contribution in [3.05, 3.63) is 12.2 Å². The van der Waals surface area contributed by atoms with Gasteiger partial charge >= 0.3 is 0 Å². The van der Waals surface area contributed by atoms with Crippen LogP contribution in [-0.4, -0.2) is 11.2 Å². The Bertz CT molecular complexity index is 332. The summed E-state index contributed by atoms with van der Waals surface area (Å²) in [6.07, 6.45) is 3.15. The highest BCUT2D eigenvalue weighted by Gasteiger charge is 2.68. The predicted octanol–water partition coefficient (Wildman–Crippen LogP) is 3.24. The van der Waals surface area contributed by atoms with E-state index in [1.807, 2.05) is 0 Å². The maximum atomic E-state index is 10.3. The van der Waals surface area contributed by atoms with E-state index in [4.69, 9.17) is 0 Å². The number of aliphatic hydroxyl groups excluding tert-OH is 1. The Hall–Kier alpha value is -0.300. The Morgan fingerprint density at radius 3 is 2.75 bits per heavy atom. The van der Waals surface area contributed by atoms with Gasteiger partial charge in [-0.1, -0.05) is 32.9 Å². The number of allylic oxidation sites excluding steroid dienone is 1. The molecular weight excluding hydrogens is 196 g/mol. The van der Waals surface area contributed by atoms with Gasteiger partial charge in [0.2, 0.25) is 0 Å². The van der Waals surface area contributed by atoms with Gasteiger partial charge in [-0.2, -0.15) is 0 Å². The molecule has 0 aliphatic heterocycles. The molecule has 1 nitrogen and oxygen atoms in total. The Labute approximate surface area is 98.9 Å². The minimum absolute atomic E-state index is 0.0800. The van der Waals surface area contributed by atoms with Crippen molar-refractivity contribution in [2.45, 2.75) is 46.1 Å². The Morgan fingerprint density at radius 1 is 1.44 bits per heavy atom. The third-order valence-electron chi connectivity index (χ3n) is 5.77. The van der Waals surface area contributed by atoms with Crippen molar-refractivity contribution in [3.63, 3.8) is 0 Å². The van der Waals surface area contributed by atoms with Crippen LogP contribution >= 0.6 is 0 Å². The number of hydrogen-bond acceptors (Lipinski definition) is 1. The predicted molar refractivity (Wildman–Crippen MR) is 65.9 cm³/mol. The molecule has 0 aromatic heterocycles. The van der Waals surface area contributed by atoms with E-state index < -0.39 is 0 Å². The monoisotopic (exact) mass is 220 g/mol. The zero-order valence-corrected chi connectivity index (χ0v) is 10.7. The quantitative estimate of drug-likeness (QED) is 0.673. The van der Waals surface area contributed by atoms with E-state index in [0.29, 0.717) is 5.92 Å². The van der Waals surface area contributed by atoms with Crippen molar-refractivity contribution < 1.29 is 5.11 Å². The van der Waals surface area contributed by atoms with Gasteiger partial charge in [-0.25, -0.2) is 0 Å². The molecule has 0 radical (unpaired) electrons. The highest BCUT2D eigenvalue weighted by molar-refractivity contribution is 5.26. The van der Waals surface area contributed by atoms with E-state index in [9.17, 15) is 5.11 Å². The van der Waals surface area contributed by atoms with E-state index in [2.05, 4.69) is 27.4 Å². The minimum Gasteiger partial charge on any atom is -0.393 e. The Balaban J connectivity index is 1.89. The van der Waals surface area contributed by atoms with Gasteiger partial charge in [0.1, 0.15) is 0 Å². The summed E-state index contributed by atoms with van der Waals surface area (Å²) < 4.78 is 0. The summed E-state index contributed by atoms with van der Waals surface area (Å²) >= 11 is 0. The van der Waals surface area contributed by atoms with E-state index in [1.165, 1.54) is 12.0 Å². The van der Waals surface area contributed by atoms with Crippen LogP contribution in [0.3, 0.4) is 0 Å². The number of hydrogen-bond donors (Lipinski definition) is 1. The van der Waals surface area contributed by atoms with Crippen LogP contribution in [0, 0.1) is 35.0 Å². The third kappa shape index (κ3) is 1.16. The largest absolute Gasteiger partial charge is 0.393 e. The highest BCUT2D eigenvalue weighted by Crippen LogP contribution is 2.73. The first-order valence-electron chi connectivity index (χ1n) is 6.82. The first kappa shape index (κ1) is 10.8. The molecule has 3 aliphatic rings. The fourth-order valence-corrected chi connectivity index (χ4v) is 5.07. The molecule has 6 atom stereocenters. The van der Waals surface area contributed by atoms with Crippen LogP contribution in [0.1, 0.15) is 40.0 Å².